The first-order valence-corrected chi connectivity index (χ1v) is 4.97. The molecule has 0 amide bonds. The average molecular weight is 280 g/mol. The predicted molar refractivity (Wildman–Crippen MR) is 62.3 cm³/mol. The van der Waals surface area contributed by atoms with Crippen LogP contribution in [0.15, 0.2) is 24.3 Å². The van der Waals surface area contributed by atoms with Crippen LogP contribution in [-0.4, -0.2) is 41.5 Å². The van der Waals surface area contributed by atoms with E-state index in [1.165, 1.54) is 24.9 Å². The Bertz CT molecular complexity index is 228. The van der Waals surface area contributed by atoms with E-state index in [9.17, 15) is 0 Å². The standard InChI is InChI=1S/C12H18N.BrH.Mg/c1-3-4-10-13(2)11-12-8-6-5-7-9-12;;/h5-8H,3-4,10-11H2,1-2H3;1H;/q-1;;+2/p-1. The second-order valence-electron chi connectivity index (χ2n) is 3.48. The molecule has 0 fully saturated rings. The summed E-state index contributed by atoms with van der Waals surface area (Å²) < 4.78 is 0. The van der Waals surface area contributed by atoms with Crippen LogP contribution in [0.5, 0.6) is 0 Å². The maximum Gasteiger partial charge on any atom is 2.00 e. The van der Waals surface area contributed by atoms with Crippen LogP contribution < -0.4 is 17.0 Å². The molecule has 0 saturated heterocycles. The maximum atomic E-state index is 3.23. The molecule has 0 unspecified atom stereocenters. The summed E-state index contributed by atoms with van der Waals surface area (Å²) in [6.07, 6.45) is 2.55. The van der Waals surface area contributed by atoms with E-state index in [1.807, 2.05) is 12.1 Å². The number of hydrogen-bond acceptors (Lipinski definition) is 1. The number of hydrogen-bond donors (Lipinski definition) is 0. The van der Waals surface area contributed by atoms with Gasteiger partial charge in [-0.15, -0.1) is 5.56 Å². The summed E-state index contributed by atoms with van der Waals surface area (Å²) in [7, 11) is 2.16. The van der Waals surface area contributed by atoms with Crippen molar-refractivity contribution in [2.75, 3.05) is 13.6 Å². The van der Waals surface area contributed by atoms with E-state index in [-0.39, 0.29) is 40.0 Å². The van der Waals surface area contributed by atoms with Crippen molar-refractivity contribution in [3.63, 3.8) is 0 Å². The predicted octanol–water partition coefficient (Wildman–Crippen LogP) is -0.658. The van der Waals surface area contributed by atoms with Crippen molar-refractivity contribution in [1.29, 1.82) is 0 Å². The van der Waals surface area contributed by atoms with E-state index in [0.717, 1.165) is 6.54 Å². The van der Waals surface area contributed by atoms with Gasteiger partial charge in [0.25, 0.3) is 0 Å². The van der Waals surface area contributed by atoms with Crippen LogP contribution in [0.25, 0.3) is 0 Å². The summed E-state index contributed by atoms with van der Waals surface area (Å²) in [4.78, 5) is 2.34. The van der Waals surface area contributed by atoms with Crippen LogP contribution in [0.2, 0.25) is 0 Å². The third-order valence-corrected chi connectivity index (χ3v) is 2.11. The molecule has 0 spiro atoms. The molecule has 1 aromatic carbocycles. The fourth-order valence-electron chi connectivity index (χ4n) is 1.33. The molecule has 0 aliphatic heterocycles. The van der Waals surface area contributed by atoms with E-state index >= 15 is 0 Å². The second kappa shape index (κ2) is 10.9. The summed E-state index contributed by atoms with van der Waals surface area (Å²) in [5.41, 5.74) is 1.28. The molecule has 1 rings (SSSR count). The molecule has 0 aromatic heterocycles. The van der Waals surface area contributed by atoms with Crippen molar-refractivity contribution in [2.24, 2.45) is 0 Å². The van der Waals surface area contributed by atoms with Gasteiger partial charge < -0.3 is 21.9 Å². The third-order valence-electron chi connectivity index (χ3n) is 2.11. The van der Waals surface area contributed by atoms with Gasteiger partial charge >= 0.3 is 23.1 Å². The molecule has 3 heteroatoms. The molecule has 80 valence electrons. The van der Waals surface area contributed by atoms with E-state index in [0.29, 0.717) is 0 Å². The topological polar surface area (TPSA) is 3.24 Å². The molecule has 0 radical (unpaired) electrons. The van der Waals surface area contributed by atoms with Gasteiger partial charge in [0, 0.05) is 6.54 Å². The number of unbranched alkanes of at least 4 members (excludes halogenated alkanes) is 1. The van der Waals surface area contributed by atoms with Crippen LogP contribution in [-0.2, 0) is 6.54 Å². The zero-order valence-corrected chi connectivity index (χ0v) is 12.7. The SMILES string of the molecule is CCCCN(C)Cc1[c-]cccc1.[Br-].[Mg+2]. The summed E-state index contributed by atoms with van der Waals surface area (Å²) in [6.45, 7) is 4.42. The summed E-state index contributed by atoms with van der Waals surface area (Å²) >= 11 is 0. The van der Waals surface area contributed by atoms with E-state index in [1.54, 1.807) is 0 Å². The fraction of sp³-hybridized carbons (Fsp3) is 0.500. The van der Waals surface area contributed by atoms with Gasteiger partial charge in [-0.25, -0.2) is 0 Å². The smallest absolute Gasteiger partial charge is 1.00 e. The second-order valence-corrected chi connectivity index (χ2v) is 3.48. The Morgan fingerprint density at radius 3 is 2.60 bits per heavy atom. The summed E-state index contributed by atoms with van der Waals surface area (Å²) in [5, 5.41) is 0. The summed E-state index contributed by atoms with van der Waals surface area (Å²) in [6, 6.07) is 11.4. The Labute approximate surface area is 120 Å². The largest absolute Gasteiger partial charge is 2.00 e. The van der Waals surface area contributed by atoms with Gasteiger partial charge in [-0.2, -0.15) is 30.3 Å². The summed E-state index contributed by atoms with van der Waals surface area (Å²) in [5.74, 6) is 0. The van der Waals surface area contributed by atoms with Crippen LogP contribution in [0, 0.1) is 6.07 Å². The molecule has 0 aliphatic rings. The van der Waals surface area contributed by atoms with E-state index < -0.39 is 0 Å². The minimum Gasteiger partial charge on any atom is -1.00 e. The molecular weight excluding hydrogens is 262 g/mol. The molecule has 0 aliphatic carbocycles. The minimum atomic E-state index is 0. The minimum absolute atomic E-state index is 0. The van der Waals surface area contributed by atoms with Crippen LogP contribution in [0.1, 0.15) is 25.3 Å². The monoisotopic (exact) mass is 279 g/mol. The third kappa shape index (κ3) is 8.26. The Morgan fingerprint density at radius 2 is 2.07 bits per heavy atom. The van der Waals surface area contributed by atoms with Crippen molar-refractivity contribution in [3.8, 4) is 0 Å². The van der Waals surface area contributed by atoms with Gasteiger partial charge in [0.2, 0.25) is 0 Å². The maximum absolute atomic E-state index is 3.23. The van der Waals surface area contributed by atoms with E-state index in [4.69, 9.17) is 0 Å². The zero-order chi connectivity index (χ0) is 9.52. The molecule has 0 N–H and O–H groups in total. The van der Waals surface area contributed by atoms with Crippen molar-refractivity contribution in [1.82, 2.24) is 4.90 Å². The molecule has 1 nitrogen and oxygen atoms in total. The van der Waals surface area contributed by atoms with Gasteiger partial charge in [0.1, 0.15) is 0 Å². The fourth-order valence-corrected chi connectivity index (χ4v) is 1.33. The van der Waals surface area contributed by atoms with Crippen molar-refractivity contribution in [2.45, 2.75) is 26.3 Å². The van der Waals surface area contributed by atoms with Crippen molar-refractivity contribution in [3.05, 3.63) is 35.9 Å². The number of rotatable bonds is 5. The molecule has 0 saturated carbocycles. The first-order valence-electron chi connectivity index (χ1n) is 4.97. The van der Waals surface area contributed by atoms with Crippen LogP contribution >= 0.6 is 0 Å². The Hall–Kier alpha value is 0.426. The van der Waals surface area contributed by atoms with Gasteiger partial charge in [0.05, 0.1) is 0 Å². The van der Waals surface area contributed by atoms with Crippen molar-refractivity contribution < 1.29 is 17.0 Å². The molecule has 1 aromatic rings. The Kier molecular flexibility index (Phi) is 13.0. The number of halogens is 1. The zero-order valence-electron chi connectivity index (χ0n) is 9.67. The number of nitrogens with zero attached hydrogens (tertiary/aromatic N) is 1. The molecule has 0 atom stereocenters. The van der Waals surface area contributed by atoms with Gasteiger partial charge in [-0.05, 0) is 20.0 Å². The molecule has 0 heterocycles. The number of benzene rings is 1. The van der Waals surface area contributed by atoms with Gasteiger partial charge in [-0.3, -0.25) is 0 Å². The van der Waals surface area contributed by atoms with Gasteiger partial charge in [-0.1, -0.05) is 13.3 Å². The quantitative estimate of drug-likeness (QED) is 0.511. The van der Waals surface area contributed by atoms with E-state index in [2.05, 4.69) is 37.1 Å². The molecular formula is C12H18BrMgN. The first-order chi connectivity index (χ1) is 6.33. The molecule has 0 bridgehead atoms. The van der Waals surface area contributed by atoms with Gasteiger partial charge in [0.15, 0.2) is 0 Å². The van der Waals surface area contributed by atoms with Crippen LogP contribution in [0.4, 0.5) is 0 Å². The van der Waals surface area contributed by atoms with Crippen LogP contribution in [0.3, 0.4) is 0 Å². The first kappa shape index (κ1) is 17.8. The molecule has 15 heavy (non-hydrogen) atoms. The van der Waals surface area contributed by atoms with Crippen molar-refractivity contribution >= 4 is 23.1 Å². The Morgan fingerprint density at radius 1 is 1.33 bits per heavy atom. The normalized spacial score (nSPS) is 9.27. The average Bonchev–Trinajstić information content (AvgIpc) is 2.16. The Balaban J connectivity index is 0.